The fourth-order valence-electron chi connectivity index (χ4n) is 1.33. The number of carbonyl (C=O) groups excluding carboxylic acids is 2. The minimum Gasteiger partial charge on any atom is -0.447 e. The van der Waals surface area contributed by atoms with Crippen LogP contribution in [0.3, 0.4) is 0 Å². The monoisotopic (exact) mass is 218 g/mol. The SMILES string of the molecule is O=C(/C=C/c1ccncc1)N1CCOC1=O. The number of hydrogen-bond acceptors (Lipinski definition) is 4. The molecule has 0 N–H and O–H groups in total. The summed E-state index contributed by atoms with van der Waals surface area (Å²) in [5, 5.41) is 0. The van der Waals surface area contributed by atoms with Gasteiger partial charge < -0.3 is 4.74 Å². The molecular formula is C11H10N2O3. The number of pyridine rings is 1. The standard InChI is InChI=1S/C11H10N2O3/c14-10(13-7-8-16-11(13)15)2-1-9-3-5-12-6-4-9/h1-6H,7-8H2/b2-1+. The molecule has 0 atom stereocenters. The molecule has 0 aliphatic carbocycles. The van der Waals surface area contributed by atoms with Gasteiger partial charge in [0, 0.05) is 18.5 Å². The topological polar surface area (TPSA) is 59.5 Å². The van der Waals surface area contributed by atoms with E-state index in [-0.39, 0.29) is 12.5 Å². The molecule has 1 saturated heterocycles. The van der Waals surface area contributed by atoms with Crippen molar-refractivity contribution in [3.8, 4) is 0 Å². The van der Waals surface area contributed by atoms with Crippen molar-refractivity contribution in [2.45, 2.75) is 0 Å². The van der Waals surface area contributed by atoms with E-state index in [0.717, 1.165) is 10.5 Å². The van der Waals surface area contributed by atoms with Crippen molar-refractivity contribution in [2.24, 2.45) is 0 Å². The van der Waals surface area contributed by atoms with Gasteiger partial charge in [-0.05, 0) is 23.8 Å². The quantitative estimate of drug-likeness (QED) is 0.697. The predicted molar refractivity (Wildman–Crippen MR) is 56.3 cm³/mol. The second kappa shape index (κ2) is 4.57. The average molecular weight is 218 g/mol. The van der Waals surface area contributed by atoms with Gasteiger partial charge in [-0.15, -0.1) is 0 Å². The number of aromatic nitrogens is 1. The van der Waals surface area contributed by atoms with Crippen LogP contribution in [0.25, 0.3) is 6.08 Å². The fraction of sp³-hybridized carbons (Fsp3) is 0.182. The lowest BCUT2D eigenvalue weighted by Gasteiger charge is -2.06. The first-order valence-electron chi connectivity index (χ1n) is 4.84. The minimum atomic E-state index is -0.579. The van der Waals surface area contributed by atoms with Crippen LogP contribution < -0.4 is 0 Å². The van der Waals surface area contributed by atoms with E-state index < -0.39 is 6.09 Å². The Bertz CT molecular complexity index is 428. The molecule has 1 aliphatic rings. The van der Waals surface area contributed by atoms with Gasteiger partial charge in [-0.1, -0.05) is 0 Å². The van der Waals surface area contributed by atoms with Crippen molar-refractivity contribution in [1.29, 1.82) is 0 Å². The molecule has 2 amide bonds. The van der Waals surface area contributed by atoms with Crippen LogP contribution in [-0.2, 0) is 9.53 Å². The summed E-state index contributed by atoms with van der Waals surface area (Å²) in [5.74, 6) is -0.362. The molecule has 0 saturated carbocycles. The molecule has 16 heavy (non-hydrogen) atoms. The molecule has 1 aliphatic heterocycles. The van der Waals surface area contributed by atoms with Crippen molar-refractivity contribution >= 4 is 18.1 Å². The number of nitrogens with zero attached hydrogens (tertiary/aromatic N) is 2. The van der Waals surface area contributed by atoms with Gasteiger partial charge in [0.15, 0.2) is 0 Å². The van der Waals surface area contributed by atoms with E-state index in [1.54, 1.807) is 30.6 Å². The average Bonchev–Trinajstić information content (AvgIpc) is 2.74. The Morgan fingerprint density at radius 3 is 2.81 bits per heavy atom. The molecule has 82 valence electrons. The van der Waals surface area contributed by atoms with Crippen LogP contribution in [0.5, 0.6) is 0 Å². The molecule has 0 spiro atoms. The third kappa shape index (κ3) is 2.25. The highest BCUT2D eigenvalue weighted by atomic mass is 16.6. The van der Waals surface area contributed by atoms with Gasteiger partial charge in [0.25, 0.3) is 5.91 Å². The number of cyclic esters (lactones) is 1. The molecule has 5 heteroatoms. The van der Waals surface area contributed by atoms with Gasteiger partial charge in [0.2, 0.25) is 0 Å². The second-order valence-electron chi connectivity index (χ2n) is 3.22. The molecule has 2 rings (SSSR count). The van der Waals surface area contributed by atoms with Crippen LogP contribution in [-0.4, -0.2) is 35.0 Å². The van der Waals surface area contributed by atoms with Crippen molar-refractivity contribution in [3.05, 3.63) is 36.2 Å². The van der Waals surface area contributed by atoms with E-state index in [1.807, 2.05) is 0 Å². The van der Waals surface area contributed by atoms with E-state index in [0.29, 0.717) is 6.54 Å². The number of ether oxygens (including phenoxy) is 1. The number of imide groups is 1. The highest BCUT2D eigenvalue weighted by Gasteiger charge is 2.26. The summed E-state index contributed by atoms with van der Waals surface area (Å²) >= 11 is 0. The zero-order valence-electron chi connectivity index (χ0n) is 8.50. The molecule has 5 nitrogen and oxygen atoms in total. The second-order valence-corrected chi connectivity index (χ2v) is 3.22. The molecule has 1 aromatic rings. The maximum absolute atomic E-state index is 11.6. The smallest absolute Gasteiger partial charge is 0.416 e. The van der Waals surface area contributed by atoms with Crippen LogP contribution in [0.15, 0.2) is 30.6 Å². The van der Waals surface area contributed by atoms with Crippen molar-refractivity contribution in [1.82, 2.24) is 9.88 Å². The van der Waals surface area contributed by atoms with Crippen LogP contribution in [0, 0.1) is 0 Å². The Morgan fingerprint density at radius 2 is 2.19 bits per heavy atom. The summed E-state index contributed by atoms with van der Waals surface area (Å²) in [6.45, 7) is 0.589. The van der Waals surface area contributed by atoms with Crippen molar-refractivity contribution in [3.63, 3.8) is 0 Å². The zero-order chi connectivity index (χ0) is 11.4. The Hall–Kier alpha value is -2.17. The van der Waals surface area contributed by atoms with Gasteiger partial charge in [0.05, 0.1) is 6.54 Å². The van der Waals surface area contributed by atoms with Gasteiger partial charge in [0.1, 0.15) is 6.61 Å². The molecule has 1 aromatic heterocycles. The van der Waals surface area contributed by atoms with Gasteiger partial charge >= 0.3 is 6.09 Å². The first kappa shape index (κ1) is 10.4. The molecule has 0 unspecified atom stereocenters. The number of hydrogen-bond donors (Lipinski definition) is 0. The van der Waals surface area contributed by atoms with Gasteiger partial charge in [-0.25, -0.2) is 9.69 Å². The van der Waals surface area contributed by atoms with Crippen molar-refractivity contribution in [2.75, 3.05) is 13.2 Å². The van der Waals surface area contributed by atoms with Crippen LogP contribution in [0.2, 0.25) is 0 Å². The number of amides is 2. The zero-order valence-corrected chi connectivity index (χ0v) is 8.50. The lowest BCUT2D eigenvalue weighted by molar-refractivity contribution is -0.122. The summed E-state index contributed by atoms with van der Waals surface area (Å²) in [6.07, 6.45) is 5.67. The number of rotatable bonds is 2. The van der Waals surface area contributed by atoms with Crippen LogP contribution in [0.1, 0.15) is 5.56 Å². The largest absolute Gasteiger partial charge is 0.447 e. The third-order valence-corrected chi connectivity index (χ3v) is 2.15. The Balaban J connectivity index is 2.02. The van der Waals surface area contributed by atoms with E-state index >= 15 is 0 Å². The Labute approximate surface area is 92.3 Å². The molecule has 0 bridgehead atoms. The molecule has 0 aromatic carbocycles. The summed E-state index contributed by atoms with van der Waals surface area (Å²) in [7, 11) is 0. The maximum Gasteiger partial charge on any atom is 0.416 e. The lowest BCUT2D eigenvalue weighted by Crippen LogP contribution is -2.29. The first-order valence-corrected chi connectivity index (χ1v) is 4.84. The van der Waals surface area contributed by atoms with Crippen LogP contribution >= 0.6 is 0 Å². The summed E-state index contributed by atoms with van der Waals surface area (Å²) in [6, 6.07) is 3.54. The normalized spacial score (nSPS) is 15.5. The van der Waals surface area contributed by atoms with E-state index in [4.69, 9.17) is 0 Å². The lowest BCUT2D eigenvalue weighted by atomic mass is 10.2. The highest BCUT2D eigenvalue weighted by Crippen LogP contribution is 2.06. The molecule has 2 heterocycles. The summed E-state index contributed by atoms with van der Waals surface area (Å²) < 4.78 is 4.66. The molecule has 0 radical (unpaired) electrons. The molecule has 1 fully saturated rings. The molecular weight excluding hydrogens is 208 g/mol. The first-order chi connectivity index (χ1) is 7.77. The Kier molecular flexibility index (Phi) is 2.95. The number of carbonyl (C=O) groups is 2. The highest BCUT2D eigenvalue weighted by molar-refractivity contribution is 6.01. The third-order valence-electron chi connectivity index (χ3n) is 2.15. The van der Waals surface area contributed by atoms with Gasteiger partial charge in [-0.3, -0.25) is 9.78 Å². The van der Waals surface area contributed by atoms with Gasteiger partial charge in [-0.2, -0.15) is 0 Å². The maximum atomic E-state index is 11.6. The predicted octanol–water partition coefficient (Wildman–Crippen LogP) is 1.07. The van der Waals surface area contributed by atoms with Crippen molar-refractivity contribution < 1.29 is 14.3 Å². The summed E-state index contributed by atoms with van der Waals surface area (Å²) in [4.78, 5) is 27.5. The van der Waals surface area contributed by atoms with E-state index in [2.05, 4.69) is 9.72 Å². The minimum absolute atomic E-state index is 0.271. The fourth-order valence-corrected chi connectivity index (χ4v) is 1.33. The summed E-state index contributed by atoms with van der Waals surface area (Å²) in [5.41, 5.74) is 0.857. The van der Waals surface area contributed by atoms with E-state index in [9.17, 15) is 9.59 Å². The van der Waals surface area contributed by atoms with E-state index in [1.165, 1.54) is 6.08 Å². The Morgan fingerprint density at radius 1 is 1.44 bits per heavy atom. The van der Waals surface area contributed by atoms with Crippen LogP contribution in [0.4, 0.5) is 4.79 Å².